The summed E-state index contributed by atoms with van der Waals surface area (Å²) in [5, 5.41) is 3.37. The molecule has 0 fully saturated rings. The highest BCUT2D eigenvalue weighted by Crippen LogP contribution is 2.21. The van der Waals surface area contributed by atoms with Crippen LogP contribution in [0.3, 0.4) is 0 Å². The molecule has 0 aliphatic heterocycles. The van der Waals surface area contributed by atoms with Crippen LogP contribution < -0.4 is 5.32 Å². The van der Waals surface area contributed by atoms with Crippen LogP contribution in [0.25, 0.3) is 0 Å². The fraction of sp³-hybridized carbons (Fsp3) is 0.600. The Labute approximate surface area is 118 Å². The van der Waals surface area contributed by atoms with Gasteiger partial charge in [-0.05, 0) is 55.5 Å². The quantitative estimate of drug-likeness (QED) is 0.786. The van der Waals surface area contributed by atoms with Crippen molar-refractivity contribution in [1.29, 1.82) is 0 Å². The first kappa shape index (κ1) is 15.6. The van der Waals surface area contributed by atoms with Crippen molar-refractivity contribution in [3.8, 4) is 0 Å². The van der Waals surface area contributed by atoms with Gasteiger partial charge in [0, 0.05) is 4.47 Å². The summed E-state index contributed by atoms with van der Waals surface area (Å²) in [5.41, 5.74) is 0.821. The first-order valence-electron chi connectivity index (χ1n) is 6.67. The molecule has 0 saturated carbocycles. The second-order valence-electron chi connectivity index (χ2n) is 5.24. The highest BCUT2D eigenvalue weighted by atomic mass is 79.9. The molecular formula is C15H23BrFN. The molecule has 0 bridgehead atoms. The highest BCUT2D eigenvalue weighted by molar-refractivity contribution is 9.10. The maximum Gasteiger partial charge on any atom is 0.127 e. The molecule has 1 N–H and O–H groups in total. The molecule has 1 unspecified atom stereocenters. The van der Waals surface area contributed by atoms with E-state index in [4.69, 9.17) is 0 Å². The molecule has 1 atom stereocenters. The third-order valence-corrected chi connectivity index (χ3v) is 3.50. The van der Waals surface area contributed by atoms with E-state index in [0.29, 0.717) is 11.8 Å². The molecule has 0 amide bonds. The van der Waals surface area contributed by atoms with Gasteiger partial charge in [-0.1, -0.05) is 42.8 Å². The van der Waals surface area contributed by atoms with Gasteiger partial charge in [0.1, 0.15) is 5.82 Å². The van der Waals surface area contributed by atoms with E-state index >= 15 is 0 Å². The Morgan fingerprint density at radius 3 is 2.61 bits per heavy atom. The lowest BCUT2D eigenvalue weighted by atomic mass is 9.90. The van der Waals surface area contributed by atoms with Crippen LogP contribution in [0.5, 0.6) is 0 Å². The van der Waals surface area contributed by atoms with Crippen LogP contribution in [-0.4, -0.2) is 13.1 Å². The van der Waals surface area contributed by atoms with E-state index in [-0.39, 0.29) is 5.82 Å². The molecule has 3 heteroatoms. The number of hydrogen-bond acceptors (Lipinski definition) is 1. The minimum Gasteiger partial charge on any atom is -0.317 e. The van der Waals surface area contributed by atoms with Crippen molar-refractivity contribution >= 4 is 15.9 Å². The predicted octanol–water partition coefficient (Wildman–Crippen LogP) is 4.40. The monoisotopic (exact) mass is 315 g/mol. The van der Waals surface area contributed by atoms with Gasteiger partial charge in [-0.2, -0.15) is 0 Å². The Morgan fingerprint density at radius 1 is 1.33 bits per heavy atom. The smallest absolute Gasteiger partial charge is 0.127 e. The van der Waals surface area contributed by atoms with Crippen LogP contribution in [0.4, 0.5) is 4.39 Å². The number of halogens is 2. The molecule has 18 heavy (non-hydrogen) atoms. The second-order valence-corrected chi connectivity index (χ2v) is 6.16. The zero-order valence-electron chi connectivity index (χ0n) is 11.5. The molecule has 0 aliphatic carbocycles. The van der Waals surface area contributed by atoms with Gasteiger partial charge in [0.25, 0.3) is 0 Å². The van der Waals surface area contributed by atoms with Gasteiger partial charge in [0.15, 0.2) is 0 Å². The third-order valence-electron chi connectivity index (χ3n) is 3.01. The molecule has 0 heterocycles. The first-order chi connectivity index (χ1) is 8.52. The summed E-state index contributed by atoms with van der Waals surface area (Å²) in [6.07, 6.45) is 1.94. The lowest BCUT2D eigenvalue weighted by Crippen LogP contribution is -2.25. The van der Waals surface area contributed by atoms with Gasteiger partial charge in [0.2, 0.25) is 0 Å². The fourth-order valence-electron chi connectivity index (χ4n) is 2.25. The van der Waals surface area contributed by atoms with E-state index in [1.54, 1.807) is 6.07 Å². The van der Waals surface area contributed by atoms with Crippen molar-refractivity contribution in [3.05, 3.63) is 34.1 Å². The van der Waals surface area contributed by atoms with E-state index < -0.39 is 0 Å². The van der Waals surface area contributed by atoms with Crippen molar-refractivity contribution in [2.24, 2.45) is 11.8 Å². The van der Waals surface area contributed by atoms with Crippen LogP contribution in [0, 0.1) is 17.7 Å². The number of nitrogens with one attached hydrogen (secondary N) is 1. The van der Waals surface area contributed by atoms with Crippen molar-refractivity contribution in [1.82, 2.24) is 5.32 Å². The normalized spacial score (nSPS) is 13.0. The maximum atomic E-state index is 13.8. The molecule has 0 aromatic heterocycles. The molecule has 0 spiro atoms. The van der Waals surface area contributed by atoms with Crippen LogP contribution in [0.15, 0.2) is 22.7 Å². The maximum absolute atomic E-state index is 13.8. The Hall–Kier alpha value is -0.410. The van der Waals surface area contributed by atoms with E-state index in [0.717, 1.165) is 36.0 Å². The Morgan fingerprint density at radius 2 is 2.06 bits per heavy atom. The van der Waals surface area contributed by atoms with Gasteiger partial charge in [-0.25, -0.2) is 4.39 Å². The first-order valence-corrected chi connectivity index (χ1v) is 7.46. The summed E-state index contributed by atoms with van der Waals surface area (Å²) in [6.45, 7) is 8.47. The number of rotatable bonds is 7. The molecule has 1 rings (SSSR count). The summed E-state index contributed by atoms with van der Waals surface area (Å²) in [7, 11) is 0. The summed E-state index contributed by atoms with van der Waals surface area (Å²) in [5.74, 6) is 1.04. The molecule has 0 radical (unpaired) electrons. The van der Waals surface area contributed by atoms with Gasteiger partial charge in [-0.3, -0.25) is 0 Å². The molecule has 1 aromatic rings. The summed E-state index contributed by atoms with van der Waals surface area (Å²) in [6, 6.07) is 5.35. The lowest BCUT2D eigenvalue weighted by molar-refractivity contribution is 0.384. The third kappa shape index (κ3) is 5.49. The summed E-state index contributed by atoms with van der Waals surface area (Å²) in [4.78, 5) is 0. The van der Waals surface area contributed by atoms with E-state index in [1.165, 1.54) is 0 Å². The van der Waals surface area contributed by atoms with Gasteiger partial charge >= 0.3 is 0 Å². The van der Waals surface area contributed by atoms with Crippen LogP contribution >= 0.6 is 15.9 Å². The summed E-state index contributed by atoms with van der Waals surface area (Å²) < 4.78 is 14.6. The Balaban J connectivity index is 2.68. The van der Waals surface area contributed by atoms with Crippen LogP contribution in [-0.2, 0) is 6.42 Å². The minimum atomic E-state index is -0.102. The lowest BCUT2D eigenvalue weighted by Gasteiger charge is -2.19. The Kier molecular flexibility index (Phi) is 6.87. The molecule has 102 valence electrons. The molecule has 1 aromatic carbocycles. The second kappa shape index (κ2) is 7.90. The standard InChI is InChI=1S/C15H23BrFN/c1-4-18-10-12(7-11(2)3)8-13-5-6-14(16)9-15(13)17/h5-6,9,11-12,18H,4,7-8,10H2,1-3H3. The van der Waals surface area contributed by atoms with Crippen molar-refractivity contribution in [2.45, 2.75) is 33.6 Å². The van der Waals surface area contributed by atoms with Crippen LogP contribution in [0.1, 0.15) is 32.8 Å². The molecule has 1 nitrogen and oxygen atoms in total. The SMILES string of the molecule is CCNCC(Cc1ccc(Br)cc1F)CC(C)C. The minimum absolute atomic E-state index is 0.102. The van der Waals surface area contributed by atoms with Crippen molar-refractivity contribution in [2.75, 3.05) is 13.1 Å². The number of hydrogen-bond donors (Lipinski definition) is 1. The van der Waals surface area contributed by atoms with Gasteiger partial charge in [-0.15, -0.1) is 0 Å². The molecular weight excluding hydrogens is 293 g/mol. The van der Waals surface area contributed by atoms with E-state index in [1.807, 2.05) is 12.1 Å². The van der Waals surface area contributed by atoms with Crippen LogP contribution in [0.2, 0.25) is 0 Å². The predicted molar refractivity (Wildman–Crippen MR) is 79.3 cm³/mol. The molecule has 0 aliphatic rings. The highest BCUT2D eigenvalue weighted by Gasteiger charge is 2.14. The average Bonchev–Trinajstić information content (AvgIpc) is 2.29. The van der Waals surface area contributed by atoms with E-state index in [9.17, 15) is 4.39 Å². The van der Waals surface area contributed by atoms with E-state index in [2.05, 4.69) is 42.0 Å². The zero-order chi connectivity index (χ0) is 13.5. The largest absolute Gasteiger partial charge is 0.317 e. The van der Waals surface area contributed by atoms with Gasteiger partial charge in [0.05, 0.1) is 0 Å². The Bertz CT molecular complexity index is 366. The average molecular weight is 316 g/mol. The molecule has 0 saturated heterocycles. The number of benzene rings is 1. The van der Waals surface area contributed by atoms with Gasteiger partial charge < -0.3 is 5.32 Å². The van der Waals surface area contributed by atoms with Crippen molar-refractivity contribution < 1.29 is 4.39 Å². The van der Waals surface area contributed by atoms with Crippen molar-refractivity contribution in [3.63, 3.8) is 0 Å². The topological polar surface area (TPSA) is 12.0 Å². The fourth-order valence-corrected chi connectivity index (χ4v) is 2.59. The summed E-state index contributed by atoms with van der Waals surface area (Å²) >= 11 is 3.29. The zero-order valence-corrected chi connectivity index (χ0v) is 13.1.